The van der Waals surface area contributed by atoms with Gasteiger partial charge in [-0.1, -0.05) is 12.1 Å². The standard InChI is InChI=1S/C12H18N2O/c1-9(14-7-11(13)8-14)10-4-3-5-12(6-10)15-2/h3-6,9,11H,7-8,13H2,1-2H3. The quantitative estimate of drug-likeness (QED) is 0.812. The van der Waals surface area contributed by atoms with E-state index in [0.717, 1.165) is 18.8 Å². The molecule has 0 aliphatic carbocycles. The van der Waals surface area contributed by atoms with Crippen LogP contribution in [0.4, 0.5) is 0 Å². The van der Waals surface area contributed by atoms with Crippen molar-refractivity contribution in [3.8, 4) is 5.75 Å². The van der Waals surface area contributed by atoms with Crippen LogP contribution in [0, 0.1) is 0 Å². The summed E-state index contributed by atoms with van der Waals surface area (Å²) in [6, 6.07) is 9.02. The summed E-state index contributed by atoms with van der Waals surface area (Å²) in [5.41, 5.74) is 7.07. The summed E-state index contributed by atoms with van der Waals surface area (Å²) in [5, 5.41) is 0. The number of methoxy groups -OCH3 is 1. The van der Waals surface area contributed by atoms with Gasteiger partial charge in [0.25, 0.3) is 0 Å². The second kappa shape index (κ2) is 4.21. The minimum Gasteiger partial charge on any atom is -0.497 e. The fourth-order valence-corrected chi connectivity index (χ4v) is 1.98. The van der Waals surface area contributed by atoms with E-state index in [0.29, 0.717) is 12.1 Å². The van der Waals surface area contributed by atoms with Gasteiger partial charge in [0.2, 0.25) is 0 Å². The Labute approximate surface area is 90.8 Å². The number of nitrogens with two attached hydrogens (primary N) is 1. The summed E-state index contributed by atoms with van der Waals surface area (Å²) in [4.78, 5) is 2.37. The van der Waals surface area contributed by atoms with Gasteiger partial charge in [-0.25, -0.2) is 0 Å². The van der Waals surface area contributed by atoms with Crippen molar-refractivity contribution in [2.24, 2.45) is 5.73 Å². The van der Waals surface area contributed by atoms with Gasteiger partial charge >= 0.3 is 0 Å². The topological polar surface area (TPSA) is 38.5 Å². The predicted molar refractivity (Wildman–Crippen MR) is 61.0 cm³/mol. The Hall–Kier alpha value is -1.06. The van der Waals surface area contributed by atoms with Crippen LogP contribution in [0.1, 0.15) is 18.5 Å². The molecule has 1 heterocycles. The molecule has 0 radical (unpaired) electrons. The molecule has 0 amide bonds. The lowest BCUT2D eigenvalue weighted by Crippen LogP contribution is -2.56. The summed E-state index contributed by atoms with van der Waals surface area (Å²) < 4.78 is 5.21. The Balaban J connectivity index is 2.08. The van der Waals surface area contributed by atoms with Crippen LogP contribution in [0.5, 0.6) is 5.75 Å². The fraction of sp³-hybridized carbons (Fsp3) is 0.500. The Kier molecular flexibility index (Phi) is 2.93. The Morgan fingerprint density at radius 3 is 2.80 bits per heavy atom. The zero-order valence-corrected chi connectivity index (χ0v) is 9.31. The maximum absolute atomic E-state index is 5.77. The maximum Gasteiger partial charge on any atom is 0.119 e. The third-order valence-electron chi connectivity index (χ3n) is 3.06. The van der Waals surface area contributed by atoms with Gasteiger partial charge < -0.3 is 10.5 Å². The van der Waals surface area contributed by atoms with E-state index in [1.165, 1.54) is 5.56 Å². The van der Waals surface area contributed by atoms with Gasteiger partial charge in [0.15, 0.2) is 0 Å². The van der Waals surface area contributed by atoms with Gasteiger partial charge in [-0.15, -0.1) is 0 Å². The van der Waals surface area contributed by atoms with Gasteiger partial charge in [-0.05, 0) is 24.6 Å². The molecule has 0 spiro atoms. The van der Waals surface area contributed by atoms with Crippen molar-refractivity contribution in [2.45, 2.75) is 19.0 Å². The molecule has 0 bridgehead atoms. The van der Waals surface area contributed by atoms with Crippen LogP contribution in [-0.4, -0.2) is 31.1 Å². The third kappa shape index (κ3) is 2.13. The van der Waals surface area contributed by atoms with Crippen LogP contribution < -0.4 is 10.5 Å². The van der Waals surface area contributed by atoms with Crippen molar-refractivity contribution in [3.63, 3.8) is 0 Å². The molecular weight excluding hydrogens is 188 g/mol. The monoisotopic (exact) mass is 206 g/mol. The molecule has 1 saturated heterocycles. The second-order valence-corrected chi connectivity index (χ2v) is 4.17. The van der Waals surface area contributed by atoms with E-state index < -0.39 is 0 Å². The van der Waals surface area contributed by atoms with E-state index in [1.54, 1.807) is 7.11 Å². The molecule has 1 unspecified atom stereocenters. The molecule has 1 aromatic rings. The van der Waals surface area contributed by atoms with Crippen LogP contribution >= 0.6 is 0 Å². The molecule has 1 fully saturated rings. The van der Waals surface area contributed by atoms with Crippen molar-refractivity contribution in [1.82, 2.24) is 4.90 Å². The average molecular weight is 206 g/mol. The molecule has 0 saturated carbocycles. The highest BCUT2D eigenvalue weighted by molar-refractivity contribution is 5.30. The van der Waals surface area contributed by atoms with Crippen molar-refractivity contribution < 1.29 is 4.74 Å². The van der Waals surface area contributed by atoms with E-state index in [9.17, 15) is 0 Å². The Morgan fingerprint density at radius 1 is 1.47 bits per heavy atom. The molecule has 1 atom stereocenters. The van der Waals surface area contributed by atoms with E-state index >= 15 is 0 Å². The number of rotatable bonds is 3. The third-order valence-corrected chi connectivity index (χ3v) is 3.06. The highest BCUT2D eigenvalue weighted by Crippen LogP contribution is 2.26. The largest absolute Gasteiger partial charge is 0.497 e. The highest BCUT2D eigenvalue weighted by Gasteiger charge is 2.27. The molecule has 3 nitrogen and oxygen atoms in total. The Bertz CT molecular complexity index is 334. The maximum atomic E-state index is 5.77. The normalized spacial score (nSPS) is 19.7. The number of hydrogen-bond acceptors (Lipinski definition) is 3. The number of benzene rings is 1. The number of hydrogen-bond donors (Lipinski definition) is 1. The first kappa shape index (κ1) is 10.5. The van der Waals surface area contributed by atoms with E-state index in [4.69, 9.17) is 10.5 Å². The van der Waals surface area contributed by atoms with Crippen molar-refractivity contribution in [1.29, 1.82) is 0 Å². The van der Waals surface area contributed by atoms with Gasteiger partial charge in [0.05, 0.1) is 7.11 Å². The molecular formula is C12H18N2O. The molecule has 82 valence electrons. The SMILES string of the molecule is COc1cccc(C(C)N2CC(N)C2)c1. The predicted octanol–water partition coefficient (Wildman–Crippen LogP) is 1.40. The molecule has 1 aliphatic rings. The lowest BCUT2D eigenvalue weighted by molar-refractivity contribution is 0.103. The summed E-state index contributed by atoms with van der Waals surface area (Å²) in [6.45, 7) is 4.21. The number of likely N-dealkylation sites (tertiary alicyclic amines) is 1. The zero-order chi connectivity index (χ0) is 10.8. The molecule has 2 rings (SSSR count). The smallest absolute Gasteiger partial charge is 0.119 e. The van der Waals surface area contributed by atoms with Gasteiger partial charge in [0.1, 0.15) is 5.75 Å². The first-order valence-electron chi connectivity index (χ1n) is 5.34. The van der Waals surface area contributed by atoms with Crippen LogP contribution in [0.15, 0.2) is 24.3 Å². The molecule has 3 heteroatoms. The number of nitrogens with zero attached hydrogens (tertiary/aromatic N) is 1. The van der Waals surface area contributed by atoms with Gasteiger partial charge in [-0.2, -0.15) is 0 Å². The molecule has 2 N–H and O–H groups in total. The van der Waals surface area contributed by atoms with Crippen LogP contribution in [0.3, 0.4) is 0 Å². The molecule has 1 aromatic carbocycles. The summed E-state index contributed by atoms with van der Waals surface area (Å²) in [5.74, 6) is 0.921. The highest BCUT2D eigenvalue weighted by atomic mass is 16.5. The fourth-order valence-electron chi connectivity index (χ4n) is 1.98. The summed E-state index contributed by atoms with van der Waals surface area (Å²) >= 11 is 0. The zero-order valence-electron chi connectivity index (χ0n) is 9.31. The minimum absolute atomic E-state index is 0.359. The van der Waals surface area contributed by atoms with Crippen molar-refractivity contribution >= 4 is 0 Å². The van der Waals surface area contributed by atoms with E-state index in [-0.39, 0.29) is 0 Å². The lowest BCUT2D eigenvalue weighted by atomic mass is 10.0. The van der Waals surface area contributed by atoms with Crippen LogP contribution in [0.25, 0.3) is 0 Å². The Morgan fingerprint density at radius 2 is 2.20 bits per heavy atom. The van der Waals surface area contributed by atoms with Gasteiger partial charge in [0, 0.05) is 25.2 Å². The van der Waals surface area contributed by atoms with Crippen molar-refractivity contribution in [3.05, 3.63) is 29.8 Å². The van der Waals surface area contributed by atoms with E-state index in [1.807, 2.05) is 12.1 Å². The van der Waals surface area contributed by atoms with Gasteiger partial charge in [-0.3, -0.25) is 4.90 Å². The summed E-state index contributed by atoms with van der Waals surface area (Å²) in [6.07, 6.45) is 0. The molecule has 0 aromatic heterocycles. The molecule has 1 aliphatic heterocycles. The summed E-state index contributed by atoms with van der Waals surface area (Å²) in [7, 11) is 1.70. The lowest BCUT2D eigenvalue weighted by Gasteiger charge is -2.41. The first-order chi connectivity index (χ1) is 7.20. The van der Waals surface area contributed by atoms with E-state index in [2.05, 4.69) is 24.0 Å². The first-order valence-corrected chi connectivity index (χ1v) is 5.34. The number of ether oxygens (including phenoxy) is 1. The van der Waals surface area contributed by atoms with Crippen LogP contribution in [-0.2, 0) is 0 Å². The minimum atomic E-state index is 0.359. The van der Waals surface area contributed by atoms with Crippen molar-refractivity contribution in [2.75, 3.05) is 20.2 Å². The average Bonchev–Trinajstić information content (AvgIpc) is 2.24. The van der Waals surface area contributed by atoms with Crippen LogP contribution in [0.2, 0.25) is 0 Å². The second-order valence-electron chi connectivity index (χ2n) is 4.17. The molecule has 15 heavy (non-hydrogen) atoms.